The minimum absolute atomic E-state index is 0.0157. The van der Waals surface area contributed by atoms with Crippen molar-refractivity contribution in [1.82, 2.24) is 5.32 Å². The normalized spacial score (nSPS) is 12.6. The number of amides is 1. The Balaban J connectivity index is 2.79. The number of benzene rings is 1. The fraction of sp³-hybridized carbons (Fsp3) is 0.500. The maximum absolute atomic E-state index is 12.2. The fourth-order valence-corrected chi connectivity index (χ4v) is 2.32. The molecule has 0 aliphatic rings. The van der Waals surface area contributed by atoms with Crippen molar-refractivity contribution in [1.29, 1.82) is 0 Å². The second kappa shape index (κ2) is 6.90. The van der Waals surface area contributed by atoms with Crippen LogP contribution in [0.25, 0.3) is 0 Å². The summed E-state index contributed by atoms with van der Waals surface area (Å²) in [4.78, 5) is 12.2. The summed E-state index contributed by atoms with van der Waals surface area (Å²) < 4.78 is 1.02. The van der Waals surface area contributed by atoms with Gasteiger partial charge in [0.15, 0.2) is 0 Å². The molecule has 0 aromatic heterocycles. The summed E-state index contributed by atoms with van der Waals surface area (Å²) in [6.45, 7) is 6.81. The van der Waals surface area contributed by atoms with Gasteiger partial charge in [-0.2, -0.15) is 0 Å². The Labute approximate surface area is 117 Å². The average molecular weight is 313 g/mol. The molecule has 18 heavy (non-hydrogen) atoms. The molecule has 0 saturated carbocycles. The third kappa shape index (κ3) is 4.10. The lowest BCUT2D eigenvalue weighted by molar-refractivity contribution is -0.120. The van der Waals surface area contributed by atoms with E-state index < -0.39 is 0 Å². The van der Waals surface area contributed by atoms with E-state index in [2.05, 4.69) is 40.4 Å². The van der Waals surface area contributed by atoms with Gasteiger partial charge in [-0.25, -0.2) is 0 Å². The molecule has 1 amide bonds. The van der Waals surface area contributed by atoms with Crippen molar-refractivity contribution in [2.45, 2.75) is 20.8 Å². The van der Waals surface area contributed by atoms with Gasteiger partial charge in [0.1, 0.15) is 0 Å². The van der Waals surface area contributed by atoms with Crippen LogP contribution in [-0.2, 0) is 4.79 Å². The van der Waals surface area contributed by atoms with E-state index in [0.717, 1.165) is 15.7 Å². The molecule has 1 rings (SSSR count). The first-order valence-corrected chi connectivity index (χ1v) is 6.96. The Morgan fingerprint density at radius 2 is 2.06 bits per heavy atom. The zero-order valence-corrected chi connectivity index (χ0v) is 13.0. The highest BCUT2D eigenvalue weighted by atomic mass is 79.9. The molecular weight excluding hydrogens is 292 g/mol. The van der Waals surface area contributed by atoms with Crippen LogP contribution in [0.1, 0.15) is 19.4 Å². The lowest BCUT2D eigenvalue weighted by atomic mass is 9.94. The van der Waals surface area contributed by atoms with Gasteiger partial charge in [-0.05, 0) is 43.7 Å². The first-order valence-electron chi connectivity index (χ1n) is 6.17. The maximum atomic E-state index is 12.2. The largest absolute Gasteiger partial charge is 0.326 e. The Morgan fingerprint density at radius 1 is 1.39 bits per heavy atom. The van der Waals surface area contributed by atoms with Crippen LogP contribution in [0.5, 0.6) is 0 Å². The van der Waals surface area contributed by atoms with Gasteiger partial charge in [0.25, 0.3) is 0 Å². The Hall–Kier alpha value is -0.870. The molecule has 0 spiro atoms. The van der Waals surface area contributed by atoms with Crippen LogP contribution in [-0.4, -0.2) is 19.5 Å². The highest BCUT2D eigenvalue weighted by Crippen LogP contribution is 2.21. The molecule has 4 heteroatoms. The number of carbonyl (C=O) groups excluding carboxylic acids is 1. The molecule has 3 nitrogen and oxygen atoms in total. The van der Waals surface area contributed by atoms with Crippen molar-refractivity contribution in [3.05, 3.63) is 28.2 Å². The molecular formula is C14H21BrN2O. The minimum atomic E-state index is -0.0157. The Bertz CT molecular complexity index is 418. The van der Waals surface area contributed by atoms with Crippen LogP contribution in [0.2, 0.25) is 0 Å². The minimum Gasteiger partial charge on any atom is -0.326 e. The SMILES string of the molecule is CNCC(C(=O)Nc1ccc(Br)cc1C)C(C)C. The van der Waals surface area contributed by atoms with Crippen molar-refractivity contribution in [2.24, 2.45) is 11.8 Å². The fourth-order valence-electron chi connectivity index (χ4n) is 1.84. The predicted octanol–water partition coefficient (Wildman–Crippen LogP) is 3.19. The summed E-state index contributed by atoms with van der Waals surface area (Å²) in [7, 11) is 1.87. The molecule has 0 heterocycles. The van der Waals surface area contributed by atoms with E-state index in [1.807, 2.05) is 32.2 Å². The summed E-state index contributed by atoms with van der Waals surface area (Å²) in [6, 6.07) is 5.86. The smallest absolute Gasteiger partial charge is 0.229 e. The Kier molecular flexibility index (Phi) is 5.82. The van der Waals surface area contributed by atoms with Crippen molar-refractivity contribution < 1.29 is 4.79 Å². The molecule has 0 aliphatic carbocycles. The second-order valence-electron chi connectivity index (χ2n) is 4.86. The van der Waals surface area contributed by atoms with Gasteiger partial charge in [-0.15, -0.1) is 0 Å². The predicted molar refractivity (Wildman–Crippen MR) is 79.8 cm³/mol. The van der Waals surface area contributed by atoms with Crippen LogP contribution in [0.15, 0.2) is 22.7 Å². The van der Waals surface area contributed by atoms with Gasteiger partial charge in [-0.1, -0.05) is 29.8 Å². The zero-order chi connectivity index (χ0) is 13.7. The van der Waals surface area contributed by atoms with E-state index in [4.69, 9.17) is 0 Å². The number of carbonyl (C=O) groups is 1. The lowest BCUT2D eigenvalue weighted by Gasteiger charge is -2.20. The van der Waals surface area contributed by atoms with E-state index in [1.54, 1.807) is 0 Å². The quantitative estimate of drug-likeness (QED) is 0.876. The van der Waals surface area contributed by atoms with E-state index >= 15 is 0 Å². The van der Waals surface area contributed by atoms with Crippen molar-refractivity contribution in [3.63, 3.8) is 0 Å². The van der Waals surface area contributed by atoms with Gasteiger partial charge in [0.05, 0.1) is 5.92 Å². The maximum Gasteiger partial charge on any atom is 0.229 e. The van der Waals surface area contributed by atoms with Crippen LogP contribution >= 0.6 is 15.9 Å². The number of aryl methyl sites for hydroxylation is 1. The molecule has 1 aromatic carbocycles. The molecule has 0 radical (unpaired) electrons. The van der Waals surface area contributed by atoms with E-state index in [1.165, 1.54) is 0 Å². The number of hydrogen-bond donors (Lipinski definition) is 2. The van der Waals surface area contributed by atoms with Gasteiger partial charge < -0.3 is 10.6 Å². The molecule has 0 saturated heterocycles. The summed E-state index contributed by atoms with van der Waals surface area (Å²) in [5.41, 5.74) is 1.94. The lowest BCUT2D eigenvalue weighted by Crippen LogP contribution is -2.34. The summed E-state index contributed by atoms with van der Waals surface area (Å²) in [5.74, 6) is 0.371. The van der Waals surface area contributed by atoms with Crippen molar-refractivity contribution >= 4 is 27.5 Å². The van der Waals surface area contributed by atoms with Crippen LogP contribution < -0.4 is 10.6 Å². The van der Waals surface area contributed by atoms with E-state index in [0.29, 0.717) is 12.5 Å². The third-order valence-corrected chi connectivity index (χ3v) is 3.51. The molecule has 100 valence electrons. The molecule has 0 fully saturated rings. The number of hydrogen-bond acceptors (Lipinski definition) is 2. The number of nitrogens with one attached hydrogen (secondary N) is 2. The summed E-state index contributed by atoms with van der Waals surface area (Å²) in [5, 5.41) is 6.08. The topological polar surface area (TPSA) is 41.1 Å². The molecule has 2 N–H and O–H groups in total. The van der Waals surface area contributed by atoms with Gasteiger partial charge in [-0.3, -0.25) is 4.79 Å². The van der Waals surface area contributed by atoms with Crippen molar-refractivity contribution in [2.75, 3.05) is 18.9 Å². The highest BCUT2D eigenvalue weighted by Gasteiger charge is 2.21. The third-order valence-electron chi connectivity index (χ3n) is 3.01. The van der Waals surface area contributed by atoms with Crippen molar-refractivity contribution in [3.8, 4) is 0 Å². The molecule has 1 atom stereocenters. The van der Waals surface area contributed by atoms with Crippen LogP contribution in [0.4, 0.5) is 5.69 Å². The van der Waals surface area contributed by atoms with Gasteiger partial charge in [0.2, 0.25) is 5.91 Å². The van der Waals surface area contributed by atoms with Gasteiger partial charge >= 0.3 is 0 Å². The number of anilines is 1. The Morgan fingerprint density at radius 3 is 2.56 bits per heavy atom. The van der Waals surface area contributed by atoms with E-state index in [-0.39, 0.29) is 11.8 Å². The van der Waals surface area contributed by atoms with E-state index in [9.17, 15) is 4.79 Å². The zero-order valence-electron chi connectivity index (χ0n) is 11.4. The monoisotopic (exact) mass is 312 g/mol. The summed E-state index contributed by atoms with van der Waals surface area (Å²) in [6.07, 6.45) is 0. The van der Waals surface area contributed by atoms with Gasteiger partial charge in [0, 0.05) is 16.7 Å². The molecule has 0 bridgehead atoms. The summed E-state index contributed by atoms with van der Waals surface area (Å²) >= 11 is 3.42. The average Bonchev–Trinajstić information content (AvgIpc) is 2.29. The molecule has 0 aliphatic heterocycles. The highest BCUT2D eigenvalue weighted by molar-refractivity contribution is 9.10. The number of halogens is 1. The number of rotatable bonds is 5. The first kappa shape index (κ1) is 15.2. The van der Waals surface area contributed by atoms with Crippen LogP contribution in [0.3, 0.4) is 0 Å². The second-order valence-corrected chi connectivity index (χ2v) is 5.77. The molecule has 1 aromatic rings. The molecule has 1 unspecified atom stereocenters. The standard InChI is InChI=1S/C14H21BrN2O/c1-9(2)12(8-16-4)14(18)17-13-6-5-11(15)7-10(13)3/h5-7,9,12,16H,8H2,1-4H3,(H,17,18). The van der Waals surface area contributed by atoms with Crippen LogP contribution in [0, 0.1) is 18.8 Å². The first-order chi connectivity index (χ1) is 8.45.